The fourth-order valence-electron chi connectivity index (χ4n) is 2.47. The van der Waals surface area contributed by atoms with Crippen LogP contribution >= 0.6 is 23.4 Å². The van der Waals surface area contributed by atoms with Gasteiger partial charge in [0.1, 0.15) is 5.82 Å². The number of rotatable bonds is 7. The molecular weight excluding hydrogens is 401 g/mol. The van der Waals surface area contributed by atoms with Gasteiger partial charge in [-0.1, -0.05) is 47.6 Å². The second-order valence-corrected chi connectivity index (χ2v) is 6.97. The number of thioether (sulfide) groups is 1. The molecule has 28 heavy (non-hydrogen) atoms. The number of aromatic nitrogens is 3. The molecule has 0 fully saturated rings. The summed E-state index contributed by atoms with van der Waals surface area (Å²) in [5.41, 5.74) is 0.861. The second kappa shape index (κ2) is 9.35. The zero-order valence-corrected chi connectivity index (χ0v) is 16.2. The fraction of sp³-hybridized carbons (Fsp3) is 0.158. The molecule has 0 unspecified atom stereocenters. The van der Waals surface area contributed by atoms with Gasteiger partial charge in [0.25, 0.3) is 0 Å². The maximum Gasteiger partial charge on any atom is 0.230 e. The number of nitrogens with one attached hydrogen (secondary N) is 1. The first-order valence-corrected chi connectivity index (χ1v) is 9.70. The summed E-state index contributed by atoms with van der Waals surface area (Å²) >= 11 is 7.42. The van der Waals surface area contributed by atoms with Gasteiger partial charge >= 0.3 is 0 Å². The second-order valence-electron chi connectivity index (χ2n) is 5.62. The molecule has 0 spiro atoms. The van der Waals surface area contributed by atoms with Gasteiger partial charge in [-0.15, -0.1) is 10.2 Å². The van der Waals surface area contributed by atoms with Gasteiger partial charge in [-0.05, 0) is 24.3 Å². The van der Waals surface area contributed by atoms with E-state index in [4.69, 9.17) is 16.9 Å². The van der Waals surface area contributed by atoms with Crippen molar-refractivity contribution in [3.05, 3.63) is 59.4 Å². The number of nitrogens with zero attached hydrogens (tertiary/aromatic N) is 4. The van der Waals surface area contributed by atoms with Crippen molar-refractivity contribution in [2.45, 2.75) is 11.6 Å². The standard InChI is InChI=1S/C19H15ClFN5OS/c20-14-7-2-1-6-13(14)18-24-25-19(28-12-17(27)23-11-5-10-22)26(18)16-9-4-3-8-15(16)21/h1-4,6-9H,5,11-12H2,(H,23,27). The Morgan fingerprint density at radius 3 is 2.71 bits per heavy atom. The highest BCUT2D eigenvalue weighted by atomic mass is 35.5. The summed E-state index contributed by atoms with van der Waals surface area (Å²) in [6.07, 6.45) is 0.235. The van der Waals surface area contributed by atoms with Gasteiger partial charge in [-0.2, -0.15) is 5.26 Å². The molecule has 3 aromatic rings. The Labute approximate surface area is 170 Å². The van der Waals surface area contributed by atoms with E-state index in [1.807, 2.05) is 6.07 Å². The van der Waals surface area contributed by atoms with Crippen LogP contribution in [-0.4, -0.2) is 33.0 Å². The minimum atomic E-state index is -0.448. The van der Waals surface area contributed by atoms with Gasteiger partial charge in [0.05, 0.1) is 29.0 Å². The first-order valence-electron chi connectivity index (χ1n) is 8.33. The lowest BCUT2D eigenvalue weighted by Gasteiger charge is -2.12. The normalized spacial score (nSPS) is 10.5. The number of para-hydroxylation sites is 1. The van der Waals surface area contributed by atoms with Crippen LogP contribution in [0.4, 0.5) is 4.39 Å². The molecule has 0 saturated heterocycles. The molecule has 6 nitrogen and oxygen atoms in total. The van der Waals surface area contributed by atoms with Crippen molar-refractivity contribution in [1.82, 2.24) is 20.1 Å². The number of carbonyl (C=O) groups is 1. The molecule has 2 aromatic carbocycles. The molecule has 9 heteroatoms. The molecule has 1 aromatic heterocycles. The summed E-state index contributed by atoms with van der Waals surface area (Å²) in [4.78, 5) is 11.9. The summed E-state index contributed by atoms with van der Waals surface area (Å²) in [6.45, 7) is 0.279. The van der Waals surface area contributed by atoms with Crippen LogP contribution < -0.4 is 5.32 Å². The largest absolute Gasteiger partial charge is 0.354 e. The number of benzene rings is 2. The molecule has 0 aliphatic heterocycles. The summed E-state index contributed by atoms with van der Waals surface area (Å²) in [5.74, 6) is -0.262. The van der Waals surface area contributed by atoms with E-state index in [-0.39, 0.29) is 30.3 Å². The summed E-state index contributed by atoms with van der Waals surface area (Å²) in [7, 11) is 0. The Morgan fingerprint density at radius 2 is 1.96 bits per heavy atom. The van der Waals surface area contributed by atoms with E-state index in [9.17, 15) is 9.18 Å². The Hall–Kier alpha value is -2.89. The van der Waals surface area contributed by atoms with Crippen LogP contribution in [0.3, 0.4) is 0 Å². The first kappa shape index (κ1) is 19.9. The highest BCUT2D eigenvalue weighted by molar-refractivity contribution is 7.99. The lowest BCUT2D eigenvalue weighted by Crippen LogP contribution is -2.26. The molecule has 1 amide bonds. The third-order valence-corrected chi connectivity index (χ3v) is 4.99. The Bertz CT molecular complexity index is 1030. The van der Waals surface area contributed by atoms with Crippen LogP contribution in [0.1, 0.15) is 6.42 Å². The van der Waals surface area contributed by atoms with Crippen molar-refractivity contribution < 1.29 is 9.18 Å². The highest BCUT2D eigenvalue weighted by Crippen LogP contribution is 2.32. The van der Waals surface area contributed by atoms with Gasteiger partial charge in [0, 0.05) is 12.1 Å². The molecule has 0 aliphatic rings. The third kappa shape index (κ3) is 4.50. The SMILES string of the molecule is N#CCCNC(=O)CSc1nnc(-c2ccccc2Cl)n1-c1ccccc1F. The zero-order chi connectivity index (χ0) is 19.9. The molecular formula is C19H15ClFN5OS. The summed E-state index contributed by atoms with van der Waals surface area (Å²) in [6, 6.07) is 15.3. The van der Waals surface area contributed by atoms with E-state index in [0.29, 0.717) is 21.6 Å². The van der Waals surface area contributed by atoms with Crippen LogP contribution in [0.2, 0.25) is 5.02 Å². The van der Waals surface area contributed by atoms with Crippen LogP contribution in [0.25, 0.3) is 17.1 Å². The molecule has 1 heterocycles. The van der Waals surface area contributed by atoms with Crippen LogP contribution in [0.5, 0.6) is 0 Å². The van der Waals surface area contributed by atoms with E-state index in [1.165, 1.54) is 6.07 Å². The topological polar surface area (TPSA) is 83.6 Å². The number of nitriles is 1. The lowest BCUT2D eigenvalue weighted by molar-refractivity contribution is -0.118. The monoisotopic (exact) mass is 415 g/mol. The fourth-order valence-corrected chi connectivity index (χ4v) is 3.46. The summed E-state index contributed by atoms with van der Waals surface area (Å²) in [5, 5.41) is 20.3. The number of hydrogen-bond donors (Lipinski definition) is 1. The Morgan fingerprint density at radius 1 is 1.21 bits per heavy atom. The molecule has 0 atom stereocenters. The Balaban J connectivity index is 1.95. The van der Waals surface area contributed by atoms with Crippen molar-refractivity contribution in [1.29, 1.82) is 5.26 Å². The molecule has 0 saturated carbocycles. The number of amides is 1. The molecule has 0 aliphatic carbocycles. The molecule has 1 N–H and O–H groups in total. The Kier molecular flexibility index (Phi) is 6.63. The van der Waals surface area contributed by atoms with E-state index < -0.39 is 5.82 Å². The lowest BCUT2D eigenvalue weighted by atomic mass is 10.2. The maximum atomic E-state index is 14.5. The summed E-state index contributed by atoms with van der Waals surface area (Å²) < 4.78 is 16.1. The van der Waals surface area contributed by atoms with Crippen molar-refractivity contribution in [2.75, 3.05) is 12.3 Å². The molecule has 142 valence electrons. The van der Waals surface area contributed by atoms with Gasteiger partial charge in [-0.3, -0.25) is 9.36 Å². The van der Waals surface area contributed by atoms with Gasteiger partial charge < -0.3 is 5.32 Å². The average molecular weight is 416 g/mol. The zero-order valence-electron chi connectivity index (χ0n) is 14.6. The van der Waals surface area contributed by atoms with Crippen molar-refractivity contribution >= 4 is 29.3 Å². The maximum absolute atomic E-state index is 14.5. The minimum Gasteiger partial charge on any atom is -0.354 e. The van der Waals surface area contributed by atoms with Crippen LogP contribution in [0, 0.1) is 17.1 Å². The highest BCUT2D eigenvalue weighted by Gasteiger charge is 2.20. The van der Waals surface area contributed by atoms with Crippen molar-refractivity contribution in [3.63, 3.8) is 0 Å². The molecule has 3 rings (SSSR count). The van der Waals surface area contributed by atoms with Gasteiger partial charge in [0.15, 0.2) is 11.0 Å². The van der Waals surface area contributed by atoms with Crippen LogP contribution in [-0.2, 0) is 4.79 Å². The smallest absolute Gasteiger partial charge is 0.230 e. The first-order chi connectivity index (χ1) is 13.6. The number of carbonyl (C=O) groups excluding carboxylic acids is 1. The predicted octanol–water partition coefficient (Wildman–Crippen LogP) is 3.85. The van der Waals surface area contributed by atoms with E-state index in [2.05, 4.69) is 15.5 Å². The van der Waals surface area contributed by atoms with E-state index in [0.717, 1.165) is 11.8 Å². The van der Waals surface area contributed by atoms with E-state index >= 15 is 0 Å². The minimum absolute atomic E-state index is 0.0561. The van der Waals surface area contributed by atoms with E-state index in [1.54, 1.807) is 47.0 Å². The van der Waals surface area contributed by atoms with Crippen molar-refractivity contribution in [2.24, 2.45) is 0 Å². The molecule has 0 bridgehead atoms. The quantitative estimate of drug-likeness (QED) is 0.468. The molecule has 0 radical (unpaired) electrons. The predicted molar refractivity (Wildman–Crippen MR) is 106 cm³/mol. The third-order valence-electron chi connectivity index (χ3n) is 3.73. The number of halogens is 2. The average Bonchev–Trinajstić information content (AvgIpc) is 3.11. The van der Waals surface area contributed by atoms with Crippen LogP contribution in [0.15, 0.2) is 53.7 Å². The van der Waals surface area contributed by atoms with Crippen molar-refractivity contribution in [3.8, 4) is 23.1 Å². The van der Waals surface area contributed by atoms with Gasteiger partial charge in [0.2, 0.25) is 5.91 Å². The number of hydrogen-bond acceptors (Lipinski definition) is 5. The van der Waals surface area contributed by atoms with Gasteiger partial charge in [-0.25, -0.2) is 4.39 Å².